The van der Waals surface area contributed by atoms with E-state index in [9.17, 15) is 19.5 Å². The predicted molar refractivity (Wildman–Crippen MR) is 148 cm³/mol. The lowest BCUT2D eigenvalue weighted by atomic mass is 9.85. The molecule has 1 aromatic heterocycles. The number of aromatic nitrogens is 1. The molecule has 1 aliphatic rings. The van der Waals surface area contributed by atoms with Gasteiger partial charge in [0.05, 0.1) is 35.4 Å². The van der Waals surface area contributed by atoms with Crippen molar-refractivity contribution in [3.8, 4) is 10.4 Å². The fraction of sp³-hybridized carbons (Fsp3) is 0.556. The normalized spacial score (nSPS) is 18.3. The van der Waals surface area contributed by atoms with E-state index in [1.165, 1.54) is 4.90 Å². The number of β-amino-alcohol motifs (C(OH)–C–C–N with tert-alkyl or cyclic N) is 1. The van der Waals surface area contributed by atoms with E-state index in [2.05, 4.69) is 15.6 Å². The van der Waals surface area contributed by atoms with Gasteiger partial charge in [0.1, 0.15) is 12.1 Å². The fourth-order valence-corrected chi connectivity index (χ4v) is 5.26. The van der Waals surface area contributed by atoms with E-state index in [-0.39, 0.29) is 44.4 Å². The van der Waals surface area contributed by atoms with Gasteiger partial charge in [0, 0.05) is 31.8 Å². The number of ether oxygens (including phenoxy) is 1. The third-order valence-corrected chi connectivity index (χ3v) is 7.54. The van der Waals surface area contributed by atoms with E-state index in [1.807, 2.05) is 57.5 Å². The zero-order valence-corrected chi connectivity index (χ0v) is 23.9. The second kappa shape index (κ2) is 13.5. The third-order valence-electron chi connectivity index (χ3n) is 6.41. The van der Waals surface area contributed by atoms with Crippen molar-refractivity contribution in [3.05, 3.63) is 41.0 Å². The van der Waals surface area contributed by atoms with E-state index in [0.29, 0.717) is 12.5 Å². The van der Waals surface area contributed by atoms with Crippen LogP contribution in [0.3, 0.4) is 0 Å². The summed E-state index contributed by atoms with van der Waals surface area (Å²) < 4.78 is 5.26. The van der Waals surface area contributed by atoms with Crippen LogP contribution < -0.4 is 10.6 Å². The van der Waals surface area contributed by atoms with Crippen LogP contribution in [-0.2, 0) is 25.7 Å². The minimum absolute atomic E-state index is 0.0289. The smallest absolute Gasteiger partial charge is 0.246 e. The molecule has 0 aliphatic carbocycles. The highest BCUT2D eigenvalue weighted by molar-refractivity contribution is 7.13. The summed E-state index contributed by atoms with van der Waals surface area (Å²) in [4.78, 5) is 46.0. The van der Waals surface area contributed by atoms with Crippen LogP contribution >= 0.6 is 22.9 Å². The Labute approximate surface area is 232 Å². The van der Waals surface area contributed by atoms with Crippen LogP contribution in [0, 0.1) is 12.3 Å². The number of rotatable bonds is 11. The topological polar surface area (TPSA) is 121 Å². The zero-order chi connectivity index (χ0) is 27.9. The van der Waals surface area contributed by atoms with Crippen LogP contribution in [0.2, 0.25) is 0 Å². The van der Waals surface area contributed by atoms with E-state index in [4.69, 9.17) is 16.3 Å². The second-order valence-corrected chi connectivity index (χ2v) is 11.7. The molecule has 1 aromatic carbocycles. The molecule has 208 valence electrons. The van der Waals surface area contributed by atoms with Gasteiger partial charge in [0.15, 0.2) is 0 Å². The fourth-order valence-electron chi connectivity index (χ4n) is 4.33. The van der Waals surface area contributed by atoms with E-state index in [1.54, 1.807) is 11.3 Å². The maximum absolute atomic E-state index is 13.6. The first-order valence-corrected chi connectivity index (χ1v) is 14.1. The first kappa shape index (κ1) is 30.0. The molecule has 0 spiro atoms. The molecule has 3 atom stereocenters. The highest BCUT2D eigenvalue weighted by Crippen LogP contribution is 2.28. The highest BCUT2D eigenvalue weighted by atomic mass is 35.5. The molecule has 3 rings (SSSR count). The summed E-state index contributed by atoms with van der Waals surface area (Å²) in [6, 6.07) is 6.19. The number of nitrogens with one attached hydrogen (secondary N) is 2. The number of alkyl halides is 1. The van der Waals surface area contributed by atoms with Gasteiger partial charge in [-0.15, -0.1) is 22.9 Å². The van der Waals surface area contributed by atoms with Crippen molar-refractivity contribution in [3.63, 3.8) is 0 Å². The van der Waals surface area contributed by atoms with E-state index >= 15 is 0 Å². The molecule has 1 saturated heterocycles. The van der Waals surface area contributed by atoms with Gasteiger partial charge in [-0.1, -0.05) is 45.0 Å². The Morgan fingerprint density at radius 3 is 2.55 bits per heavy atom. The Morgan fingerprint density at radius 2 is 1.95 bits per heavy atom. The van der Waals surface area contributed by atoms with Gasteiger partial charge in [-0.05, 0) is 23.5 Å². The molecule has 11 heteroatoms. The van der Waals surface area contributed by atoms with Crippen molar-refractivity contribution in [1.29, 1.82) is 0 Å². The Hall–Kier alpha value is -2.53. The van der Waals surface area contributed by atoms with E-state index in [0.717, 1.165) is 21.7 Å². The number of benzene rings is 1. The molecule has 2 heterocycles. The van der Waals surface area contributed by atoms with E-state index < -0.39 is 29.5 Å². The van der Waals surface area contributed by atoms with Crippen LogP contribution in [0.15, 0.2) is 29.8 Å². The molecule has 0 radical (unpaired) electrons. The number of aryl methyl sites for hydroxylation is 1. The second-order valence-electron chi connectivity index (χ2n) is 10.5. The van der Waals surface area contributed by atoms with Gasteiger partial charge >= 0.3 is 0 Å². The molecule has 2 aromatic rings. The Balaban J connectivity index is 1.63. The van der Waals surface area contributed by atoms with Crippen molar-refractivity contribution < 1.29 is 24.2 Å². The summed E-state index contributed by atoms with van der Waals surface area (Å²) in [6.07, 6.45) is -0.597. The van der Waals surface area contributed by atoms with Crippen LogP contribution in [0.5, 0.6) is 0 Å². The first-order chi connectivity index (χ1) is 18.0. The summed E-state index contributed by atoms with van der Waals surface area (Å²) in [5, 5.41) is 16.0. The lowest BCUT2D eigenvalue weighted by Crippen LogP contribution is -2.57. The van der Waals surface area contributed by atoms with Crippen LogP contribution in [-0.4, -0.2) is 76.5 Å². The Morgan fingerprint density at radius 1 is 1.24 bits per heavy atom. The van der Waals surface area contributed by atoms with Crippen LogP contribution in [0.1, 0.15) is 44.9 Å². The minimum Gasteiger partial charge on any atom is -0.391 e. The number of carbonyl (C=O) groups is 3. The third kappa shape index (κ3) is 7.99. The van der Waals surface area contributed by atoms with Gasteiger partial charge < -0.3 is 25.4 Å². The number of nitrogens with zero attached hydrogens (tertiary/aromatic N) is 2. The molecule has 3 amide bonds. The van der Waals surface area contributed by atoms with Gasteiger partial charge in [-0.25, -0.2) is 4.98 Å². The number of thiazole rings is 1. The molecule has 38 heavy (non-hydrogen) atoms. The van der Waals surface area contributed by atoms with Crippen molar-refractivity contribution in [2.45, 2.75) is 65.3 Å². The van der Waals surface area contributed by atoms with Crippen molar-refractivity contribution >= 4 is 40.7 Å². The molecular weight excluding hydrogens is 528 g/mol. The summed E-state index contributed by atoms with van der Waals surface area (Å²) in [7, 11) is 0. The van der Waals surface area contributed by atoms with Gasteiger partial charge in [-0.2, -0.15) is 0 Å². The number of aliphatic hydroxyl groups excluding tert-OH is 1. The quantitative estimate of drug-likeness (QED) is 0.285. The largest absolute Gasteiger partial charge is 0.391 e. The van der Waals surface area contributed by atoms with Crippen LogP contribution in [0.25, 0.3) is 10.4 Å². The molecule has 1 fully saturated rings. The van der Waals surface area contributed by atoms with Crippen molar-refractivity contribution in [2.75, 3.05) is 25.6 Å². The zero-order valence-electron chi connectivity index (χ0n) is 22.3. The van der Waals surface area contributed by atoms with Crippen molar-refractivity contribution in [2.24, 2.45) is 5.41 Å². The Kier molecular flexibility index (Phi) is 10.7. The number of hydrogen-bond donors (Lipinski definition) is 3. The summed E-state index contributed by atoms with van der Waals surface area (Å²) in [5.41, 5.74) is 4.16. The molecule has 3 N–H and O–H groups in total. The number of aliphatic hydroxyl groups is 1. The molecule has 0 bridgehead atoms. The number of likely N-dealkylation sites (tertiary alicyclic amines) is 1. The number of hydrogen-bond acceptors (Lipinski definition) is 7. The first-order valence-electron chi connectivity index (χ1n) is 12.7. The molecular formula is C27H37ClN4O5S. The number of amides is 3. The summed E-state index contributed by atoms with van der Waals surface area (Å²) in [5.74, 6) is -0.728. The Bertz CT molecular complexity index is 1100. The number of carbonyl (C=O) groups excluding carboxylic acids is 3. The average Bonchev–Trinajstić information content (AvgIpc) is 3.48. The summed E-state index contributed by atoms with van der Waals surface area (Å²) >= 11 is 7.16. The molecule has 0 saturated carbocycles. The minimum atomic E-state index is -0.869. The van der Waals surface area contributed by atoms with Crippen LogP contribution in [0.4, 0.5) is 0 Å². The monoisotopic (exact) mass is 564 g/mol. The lowest BCUT2D eigenvalue weighted by molar-refractivity contribution is -0.144. The average molecular weight is 565 g/mol. The van der Waals surface area contributed by atoms with Gasteiger partial charge in [0.25, 0.3) is 0 Å². The highest BCUT2D eigenvalue weighted by Gasteiger charge is 2.44. The molecule has 9 nitrogen and oxygen atoms in total. The van der Waals surface area contributed by atoms with Gasteiger partial charge in [-0.3, -0.25) is 14.4 Å². The van der Waals surface area contributed by atoms with Crippen molar-refractivity contribution in [1.82, 2.24) is 20.5 Å². The number of halogens is 1. The molecule has 0 unspecified atom stereocenters. The lowest BCUT2D eigenvalue weighted by Gasteiger charge is -2.35. The summed E-state index contributed by atoms with van der Waals surface area (Å²) in [6.45, 7) is 8.36. The SMILES string of the molecule is Cc1ncsc1-c1ccc(CNC(=O)[C@@H]2C[C@@H](O)CN2C(=O)[C@@H](NC(=O)CCOCCCl)C(C)(C)C)cc1. The predicted octanol–water partition coefficient (Wildman–Crippen LogP) is 2.87. The van der Waals surface area contributed by atoms with Gasteiger partial charge in [0.2, 0.25) is 17.7 Å². The standard InChI is InChI=1S/C27H37ClN4O5S/c1-17-23(38-16-30-17)19-7-5-18(6-8-19)14-29-25(35)21-13-20(33)15-32(21)26(36)24(27(2,3)4)31-22(34)9-11-37-12-10-28/h5-8,16,20-21,24,33H,9-15H2,1-4H3,(H,29,35)(H,31,34)/t20-,21+,24-/m1/s1. The molecule has 1 aliphatic heterocycles. The maximum atomic E-state index is 13.6. The maximum Gasteiger partial charge on any atom is 0.246 e.